The van der Waals surface area contributed by atoms with Gasteiger partial charge in [-0.1, -0.05) is 11.6 Å². The zero-order valence-corrected chi connectivity index (χ0v) is 12.9. The van der Waals surface area contributed by atoms with Crippen LogP contribution < -0.4 is 5.32 Å². The fourth-order valence-electron chi connectivity index (χ4n) is 1.69. The molecular formula is C14H20ClNO3. The second-order valence-electron chi connectivity index (χ2n) is 5.54. The van der Waals surface area contributed by atoms with Gasteiger partial charge in [-0.05, 0) is 58.2 Å². The van der Waals surface area contributed by atoms with Crippen molar-refractivity contribution in [3.63, 3.8) is 0 Å². The van der Waals surface area contributed by atoms with E-state index in [0.29, 0.717) is 16.8 Å². The van der Waals surface area contributed by atoms with Crippen LogP contribution in [0.25, 0.3) is 0 Å². The van der Waals surface area contributed by atoms with Crippen LogP contribution in [-0.4, -0.2) is 16.8 Å². The van der Waals surface area contributed by atoms with Crippen molar-refractivity contribution < 1.29 is 14.6 Å². The Morgan fingerprint density at radius 3 is 2.16 bits per heavy atom. The third kappa shape index (κ3) is 3.53. The highest BCUT2D eigenvalue weighted by Crippen LogP contribution is 2.38. The summed E-state index contributed by atoms with van der Waals surface area (Å²) in [4.78, 5) is 11.8. The van der Waals surface area contributed by atoms with Crippen LogP contribution in [0.5, 0.6) is 5.75 Å². The topological polar surface area (TPSA) is 58.6 Å². The summed E-state index contributed by atoms with van der Waals surface area (Å²) in [5, 5.41) is 12.8. The molecule has 0 unspecified atom stereocenters. The molecule has 1 amide bonds. The molecule has 0 saturated carbocycles. The molecule has 0 bridgehead atoms. The Kier molecular flexibility index (Phi) is 4.35. The number of phenolic OH excluding ortho intramolecular Hbond substituents is 1. The summed E-state index contributed by atoms with van der Waals surface area (Å²) in [6.07, 6.45) is -0.542. The summed E-state index contributed by atoms with van der Waals surface area (Å²) in [6, 6.07) is 0. The number of anilines is 1. The number of ether oxygens (including phenoxy) is 1. The highest BCUT2D eigenvalue weighted by atomic mass is 35.5. The number of carbonyl (C=O) groups excluding carboxylic acids is 1. The fraction of sp³-hybridized carbons (Fsp3) is 0.500. The SMILES string of the molecule is Cc1c(C)c(NC(=O)OC(C)(C)C)c(C)c(Cl)c1O. The van der Waals surface area contributed by atoms with Crippen molar-refractivity contribution in [3.05, 3.63) is 21.7 Å². The Morgan fingerprint density at radius 2 is 1.68 bits per heavy atom. The van der Waals surface area contributed by atoms with Crippen LogP contribution in [0.4, 0.5) is 10.5 Å². The summed E-state index contributed by atoms with van der Waals surface area (Å²) >= 11 is 6.03. The van der Waals surface area contributed by atoms with Crippen LogP contribution >= 0.6 is 11.6 Å². The number of carbonyl (C=O) groups is 1. The predicted molar refractivity (Wildman–Crippen MR) is 77.2 cm³/mol. The quantitative estimate of drug-likeness (QED) is 0.756. The average Bonchev–Trinajstić information content (AvgIpc) is 2.27. The van der Waals surface area contributed by atoms with Gasteiger partial charge in [-0.25, -0.2) is 4.79 Å². The van der Waals surface area contributed by atoms with E-state index in [4.69, 9.17) is 16.3 Å². The fourth-order valence-corrected chi connectivity index (χ4v) is 1.93. The third-order valence-electron chi connectivity index (χ3n) is 2.83. The van der Waals surface area contributed by atoms with Crippen molar-refractivity contribution in [3.8, 4) is 5.75 Å². The number of amides is 1. The lowest BCUT2D eigenvalue weighted by Crippen LogP contribution is -2.27. The molecule has 0 radical (unpaired) electrons. The number of aromatic hydroxyl groups is 1. The molecule has 0 heterocycles. The van der Waals surface area contributed by atoms with Crippen LogP contribution in [0, 0.1) is 20.8 Å². The summed E-state index contributed by atoms with van der Waals surface area (Å²) < 4.78 is 5.21. The first kappa shape index (κ1) is 15.6. The molecule has 1 aromatic rings. The highest BCUT2D eigenvalue weighted by molar-refractivity contribution is 6.33. The van der Waals surface area contributed by atoms with Gasteiger partial charge in [0.2, 0.25) is 0 Å². The molecule has 1 rings (SSSR count). The van der Waals surface area contributed by atoms with Crippen molar-refractivity contribution in [1.29, 1.82) is 0 Å². The van der Waals surface area contributed by atoms with Gasteiger partial charge in [0.15, 0.2) is 0 Å². The molecule has 5 heteroatoms. The minimum atomic E-state index is -0.568. The maximum atomic E-state index is 11.8. The van der Waals surface area contributed by atoms with E-state index in [2.05, 4.69) is 5.32 Å². The van der Waals surface area contributed by atoms with Gasteiger partial charge < -0.3 is 9.84 Å². The van der Waals surface area contributed by atoms with Crippen molar-refractivity contribution in [2.45, 2.75) is 47.1 Å². The molecule has 1 aromatic carbocycles. The smallest absolute Gasteiger partial charge is 0.412 e. The molecule has 0 fully saturated rings. The van der Waals surface area contributed by atoms with E-state index in [-0.39, 0.29) is 10.8 Å². The lowest BCUT2D eigenvalue weighted by molar-refractivity contribution is 0.0635. The van der Waals surface area contributed by atoms with Crippen molar-refractivity contribution in [1.82, 2.24) is 0 Å². The average molecular weight is 286 g/mol. The van der Waals surface area contributed by atoms with E-state index in [1.165, 1.54) is 0 Å². The first-order valence-electron chi connectivity index (χ1n) is 6.02. The largest absolute Gasteiger partial charge is 0.506 e. The minimum Gasteiger partial charge on any atom is -0.506 e. The lowest BCUT2D eigenvalue weighted by atomic mass is 10.0. The molecule has 0 spiro atoms. The van der Waals surface area contributed by atoms with Gasteiger partial charge in [-0.2, -0.15) is 0 Å². The maximum absolute atomic E-state index is 11.8. The number of hydrogen-bond acceptors (Lipinski definition) is 3. The van der Waals surface area contributed by atoms with Crippen LogP contribution in [0.3, 0.4) is 0 Å². The molecule has 4 nitrogen and oxygen atoms in total. The second-order valence-corrected chi connectivity index (χ2v) is 5.92. The number of nitrogens with one attached hydrogen (secondary N) is 1. The summed E-state index contributed by atoms with van der Waals surface area (Å²) in [6.45, 7) is 10.7. The van der Waals surface area contributed by atoms with E-state index in [0.717, 1.165) is 5.56 Å². The standard InChI is InChI=1S/C14H20ClNO3/c1-7-8(2)12(17)10(15)9(3)11(7)16-13(18)19-14(4,5)6/h17H,1-6H3,(H,16,18). The van der Waals surface area contributed by atoms with E-state index in [1.54, 1.807) is 34.6 Å². The Morgan fingerprint density at radius 1 is 1.16 bits per heavy atom. The zero-order chi connectivity index (χ0) is 15.0. The van der Waals surface area contributed by atoms with E-state index in [9.17, 15) is 9.90 Å². The molecule has 0 aliphatic rings. The third-order valence-corrected chi connectivity index (χ3v) is 3.29. The zero-order valence-electron chi connectivity index (χ0n) is 12.1. The molecule has 0 saturated heterocycles. The van der Waals surface area contributed by atoms with Crippen LogP contribution in [-0.2, 0) is 4.74 Å². The number of hydrogen-bond donors (Lipinski definition) is 2. The van der Waals surface area contributed by atoms with Gasteiger partial charge in [0.1, 0.15) is 11.4 Å². The monoisotopic (exact) mass is 285 g/mol. The molecule has 0 aliphatic heterocycles. The minimum absolute atomic E-state index is 0.0476. The summed E-state index contributed by atoms with van der Waals surface area (Å²) in [7, 11) is 0. The van der Waals surface area contributed by atoms with Crippen molar-refractivity contribution in [2.24, 2.45) is 0 Å². The van der Waals surface area contributed by atoms with E-state index >= 15 is 0 Å². The molecule has 0 aliphatic carbocycles. The van der Waals surface area contributed by atoms with E-state index < -0.39 is 11.7 Å². The molecular weight excluding hydrogens is 266 g/mol. The maximum Gasteiger partial charge on any atom is 0.412 e. The van der Waals surface area contributed by atoms with Gasteiger partial charge in [-0.15, -0.1) is 0 Å². The Bertz CT molecular complexity index is 489. The lowest BCUT2D eigenvalue weighted by Gasteiger charge is -2.22. The summed E-state index contributed by atoms with van der Waals surface area (Å²) in [5.41, 5.74) is 2.04. The predicted octanol–water partition coefficient (Wildman–Crippen LogP) is 4.32. The first-order chi connectivity index (χ1) is 8.54. The molecule has 106 valence electrons. The van der Waals surface area contributed by atoms with Gasteiger partial charge >= 0.3 is 6.09 Å². The molecule has 0 aromatic heterocycles. The van der Waals surface area contributed by atoms with Crippen LogP contribution in [0.15, 0.2) is 0 Å². The molecule has 2 N–H and O–H groups in total. The van der Waals surface area contributed by atoms with Crippen molar-refractivity contribution in [2.75, 3.05) is 5.32 Å². The van der Waals surface area contributed by atoms with Crippen LogP contribution in [0.2, 0.25) is 5.02 Å². The number of benzene rings is 1. The first-order valence-corrected chi connectivity index (χ1v) is 6.40. The summed E-state index contributed by atoms with van der Waals surface area (Å²) in [5.74, 6) is 0.0476. The van der Waals surface area contributed by atoms with Gasteiger partial charge in [0.05, 0.1) is 10.7 Å². The van der Waals surface area contributed by atoms with Gasteiger partial charge in [0, 0.05) is 0 Å². The highest BCUT2D eigenvalue weighted by Gasteiger charge is 2.20. The Hall–Kier alpha value is -1.42. The second kappa shape index (κ2) is 5.29. The van der Waals surface area contributed by atoms with Crippen LogP contribution in [0.1, 0.15) is 37.5 Å². The number of phenols is 1. The molecule has 19 heavy (non-hydrogen) atoms. The molecule has 0 atom stereocenters. The Balaban J connectivity index is 3.13. The van der Waals surface area contributed by atoms with Crippen molar-refractivity contribution >= 4 is 23.4 Å². The van der Waals surface area contributed by atoms with Gasteiger partial charge in [0.25, 0.3) is 0 Å². The number of halogens is 1. The Labute approximate surface area is 118 Å². The number of rotatable bonds is 1. The van der Waals surface area contributed by atoms with Gasteiger partial charge in [-0.3, -0.25) is 5.32 Å². The van der Waals surface area contributed by atoms with E-state index in [1.807, 2.05) is 6.92 Å². The normalized spacial score (nSPS) is 11.3.